The molecule has 1 aromatic carbocycles. The molecule has 0 saturated carbocycles. The van der Waals surface area contributed by atoms with Crippen LogP contribution >= 0.6 is 0 Å². The second-order valence-electron chi connectivity index (χ2n) is 5.91. The predicted octanol–water partition coefficient (Wildman–Crippen LogP) is 1.58. The molecular formula is C17H28N4O. The largest absolute Gasteiger partial charge is 0.380 e. The summed E-state index contributed by atoms with van der Waals surface area (Å²) in [4.78, 5) is 5.13. The summed E-state index contributed by atoms with van der Waals surface area (Å²) in [5.74, 6) is 0. The number of nitrogens with zero attached hydrogens (tertiary/aromatic N) is 2. The van der Waals surface area contributed by atoms with Crippen LogP contribution in [0.2, 0.25) is 0 Å². The van der Waals surface area contributed by atoms with Crippen molar-refractivity contribution in [3.63, 3.8) is 0 Å². The minimum absolute atomic E-state index is 0.412. The zero-order chi connectivity index (χ0) is 15.2. The number of anilines is 2. The van der Waals surface area contributed by atoms with E-state index in [1.54, 1.807) is 0 Å². The van der Waals surface area contributed by atoms with E-state index in [-0.39, 0.29) is 0 Å². The Balaban J connectivity index is 1.78. The topological polar surface area (TPSA) is 39.8 Å². The molecular weight excluding hydrogens is 276 g/mol. The minimum atomic E-state index is 0.412. The third kappa shape index (κ3) is 3.54. The highest BCUT2D eigenvalue weighted by molar-refractivity contribution is 5.72. The third-order valence-corrected chi connectivity index (χ3v) is 4.53. The van der Waals surface area contributed by atoms with Gasteiger partial charge in [0, 0.05) is 39.3 Å². The van der Waals surface area contributed by atoms with Crippen molar-refractivity contribution in [2.24, 2.45) is 0 Å². The van der Waals surface area contributed by atoms with E-state index in [1.165, 1.54) is 17.8 Å². The second-order valence-corrected chi connectivity index (χ2v) is 5.91. The first kappa shape index (κ1) is 15.6. The van der Waals surface area contributed by atoms with Crippen molar-refractivity contribution < 1.29 is 4.74 Å². The number of para-hydroxylation sites is 2. The molecule has 3 rings (SSSR count). The van der Waals surface area contributed by atoms with Crippen molar-refractivity contribution >= 4 is 11.4 Å². The molecule has 122 valence electrons. The lowest BCUT2D eigenvalue weighted by Gasteiger charge is -2.44. The number of fused-ring (bicyclic) bond motifs is 1. The summed E-state index contributed by atoms with van der Waals surface area (Å²) < 4.78 is 5.62. The Hall–Kier alpha value is -1.30. The molecule has 22 heavy (non-hydrogen) atoms. The van der Waals surface area contributed by atoms with Crippen LogP contribution in [0.4, 0.5) is 11.4 Å². The van der Waals surface area contributed by atoms with Gasteiger partial charge in [0.25, 0.3) is 0 Å². The van der Waals surface area contributed by atoms with E-state index in [1.807, 2.05) is 0 Å². The highest BCUT2D eigenvalue weighted by Gasteiger charge is 2.30. The van der Waals surface area contributed by atoms with Crippen molar-refractivity contribution in [3.8, 4) is 0 Å². The molecule has 1 fully saturated rings. The SMILES string of the molecule is CCOCCN1c2ccccc2NCC1N1CCCNCC1. The van der Waals surface area contributed by atoms with Gasteiger partial charge in [-0.15, -0.1) is 0 Å². The van der Waals surface area contributed by atoms with Crippen LogP contribution in [0.1, 0.15) is 13.3 Å². The Kier molecular flexibility index (Phi) is 5.53. The first-order valence-electron chi connectivity index (χ1n) is 8.52. The molecule has 1 aromatic rings. The van der Waals surface area contributed by atoms with Crippen LogP contribution in [0.15, 0.2) is 24.3 Å². The third-order valence-electron chi connectivity index (χ3n) is 4.53. The summed E-state index contributed by atoms with van der Waals surface area (Å²) in [6.45, 7) is 10.0. The molecule has 2 aliphatic heterocycles. The van der Waals surface area contributed by atoms with Gasteiger partial charge in [-0.3, -0.25) is 4.90 Å². The summed E-state index contributed by atoms with van der Waals surface area (Å²) in [6, 6.07) is 8.61. The van der Waals surface area contributed by atoms with Crippen LogP contribution in [-0.2, 0) is 4.74 Å². The first-order valence-corrected chi connectivity index (χ1v) is 8.52. The lowest BCUT2D eigenvalue weighted by molar-refractivity contribution is 0.141. The maximum Gasteiger partial charge on any atom is 0.0998 e. The van der Waals surface area contributed by atoms with Crippen molar-refractivity contribution in [2.75, 3.05) is 62.7 Å². The summed E-state index contributed by atoms with van der Waals surface area (Å²) in [7, 11) is 0. The van der Waals surface area contributed by atoms with E-state index >= 15 is 0 Å². The normalized spacial score (nSPS) is 22.8. The van der Waals surface area contributed by atoms with Crippen molar-refractivity contribution in [3.05, 3.63) is 24.3 Å². The zero-order valence-corrected chi connectivity index (χ0v) is 13.6. The molecule has 0 aromatic heterocycles. The molecule has 2 aliphatic rings. The average Bonchev–Trinajstić information content (AvgIpc) is 2.84. The smallest absolute Gasteiger partial charge is 0.0998 e. The molecule has 0 spiro atoms. The number of hydrogen-bond donors (Lipinski definition) is 2. The van der Waals surface area contributed by atoms with Gasteiger partial charge in [-0.05, 0) is 32.0 Å². The first-order chi connectivity index (χ1) is 10.9. The Morgan fingerprint density at radius 3 is 3.05 bits per heavy atom. The number of ether oxygens (including phenoxy) is 1. The molecule has 2 N–H and O–H groups in total. The molecule has 0 radical (unpaired) electrons. The summed E-state index contributed by atoms with van der Waals surface area (Å²) in [5, 5.41) is 7.10. The number of nitrogens with one attached hydrogen (secondary N) is 2. The monoisotopic (exact) mass is 304 g/mol. The summed E-state index contributed by atoms with van der Waals surface area (Å²) in [5.41, 5.74) is 2.54. The summed E-state index contributed by atoms with van der Waals surface area (Å²) in [6.07, 6.45) is 1.63. The van der Waals surface area contributed by atoms with Crippen LogP contribution in [-0.4, -0.2) is 63.5 Å². The van der Waals surface area contributed by atoms with E-state index in [9.17, 15) is 0 Å². The highest BCUT2D eigenvalue weighted by atomic mass is 16.5. The average molecular weight is 304 g/mol. The van der Waals surface area contributed by atoms with Gasteiger partial charge in [0.1, 0.15) is 0 Å². The van der Waals surface area contributed by atoms with E-state index in [4.69, 9.17) is 4.74 Å². The van der Waals surface area contributed by atoms with Gasteiger partial charge in [0.15, 0.2) is 0 Å². The van der Waals surface area contributed by atoms with E-state index in [2.05, 4.69) is 51.6 Å². The summed E-state index contributed by atoms with van der Waals surface area (Å²) >= 11 is 0. The standard InChI is InChI=1S/C17H28N4O/c1-2-22-13-12-21-16-7-4-3-6-15(16)19-14-17(21)20-10-5-8-18-9-11-20/h3-4,6-7,17-19H,2,5,8-14H2,1H3. The Morgan fingerprint density at radius 2 is 2.14 bits per heavy atom. The number of benzene rings is 1. The molecule has 0 aliphatic carbocycles. The molecule has 5 heteroatoms. The molecule has 1 atom stereocenters. The minimum Gasteiger partial charge on any atom is -0.380 e. The van der Waals surface area contributed by atoms with Crippen molar-refractivity contribution in [2.45, 2.75) is 19.5 Å². The molecule has 2 heterocycles. The molecule has 1 unspecified atom stereocenters. The number of rotatable bonds is 5. The van der Waals surface area contributed by atoms with E-state index in [0.29, 0.717) is 6.17 Å². The fourth-order valence-corrected chi connectivity index (χ4v) is 3.41. The maximum absolute atomic E-state index is 5.62. The lowest BCUT2D eigenvalue weighted by atomic mass is 10.1. The lowest BCUT2D eigenvalue weighted by Crippen LogP contribution is -2.56. The van der Waals surface area contributed by atoms with E-state index < -0.39 is 0 Å². The van der Waals surface area contributed by atoms with Crippen LogP contribution in [0.3, 0.4) is 0 Å². The van der Waals surface area contributed by atoms with Gasteiger partial charge in [-0.1, -0.05) is 12.1 Å². The maximum atomic E-state index is 5.62. The van der Waals surface area contributed by atoms with Crippen molar-refractivity contribution in [1.82, 2.24) is 10.2 Å². The van der Waals surface area contributed by atoms with Crippen LogP contribution < -0.4 is 15.5 Å². The van der Waals surface area contributed by atoms with Gasteiger partial charge < -0.3 is 20.3 Å². The number of hydrogen-bond acceptors (Lipinski definition) is 5. The second kappa shape index (κ2) is 7.81. The Morgan fingerprint density at radius 1 is 1.23 bits per heavy atom. The Bertz CT molecular complexity index is 460. The van der Waals surface area contributed by atoms with Crippen LogP contribution in [0.25, 0.3) is 0 Å². The van der Waals surface area contributed by atoms with Crippen molar-refractivity contribution in [1.29, 1.82) is 0 Å². The predicted molar refractivity (Wildman–Crippen MR) is 91.6 cm³/mol. The fraction of sp³-hybridized carbons (Fsp3) is 0.647. The quantitative estimate of drug-likeness (QED) is 0.808. The van der Waals surface area contributed by atoms with Gasteiger partial charge in [0.2, 0.25) is 0 Å². The highest BCUT2D eigenvalue weighted by Crippen LogP contribution is 2.32. The Labute approximate surface area is 133 Å². The van der Waals surface area contributed by atoms with E-state index in [0.717, 1.165) is 52.5 Å². The van der Waals surface area contributed by atoms with Gasteiger partial charge in [-0.2, -0.15) is 0 Å². The van der Waals surface area contributed by atoms with Gasteiger partial charge in [-0.25, -0.2) is 0 Å². The van der Waals surface area contributed by atoms with Gasteiger partial charge in [0.05, 0.1) is 24.1 Å². The molecule has 0 amide bonds. The zero-order valence-electron chi connectivity index (χ0n) is 13.6. The molecule has 1 saturated heterocycles. The molecule has 0 bridgehead atoms. The fourth-order valence-electron chi connectivity index (χ4n) is 3.41. The van der Waals surface area contributed by atoms with Gasteiger partial charge >= 0.3 is 0 Å². The van der Waals surface area contributed by atoms with Crippen LogP contribution in [0.5, 0.6) is 0 Å². The molecule has 5 nitrogen and oxygen atoms in total. The van der Waals surface area contributed by atoms with Crippen LogP contribution in [0, 0.1) is 0 Å².